The molecule has 1 saturated heterocycles. The maximum Gasteiger partial charge on any atom is 0.490 e. The zero-order valence-corrected chi connectivity index (χ0v) is 19.0. The molecule has 7 nitrogen and oxygen atoms in total. The number of carboxylic acid groups (broad SMARTS) is 1. The van der Waals surface area contributed by atoms with E-state index in [2.05, 4.69) is 36.3 Å². The van der Waals surface area contributed by atoms with Gasteiger partial charge in [0.25, 0.3) is 5.91 Å². The molecule has 2 aromatic rings. The summed E-state index contributed by atoms with van der Waals surface area (Å²) < 4.78 is 33.7. The monoisotopic (exact) mass is 472 g/mol. The molecular weight excluding hydrogens is 445 g/mol. The molecule has 2 aromatic heterocycles. The number of likely N-dealkylation sites (N-methyl/N-ethyl adjacent to an activating group) is 1. The second kappa shape index (κ2) is 9.22. The number of hydrogen-bond donors (Lipinski definition) is 1. The Bertz CT molecular complexity index is 948. The molecule has 32 heavy (non-hydrogen) atoms. The van der Waals surface area contributed by atoms with Crippen molar-refractivity contribution in [2.45, 2.75) is 50.9 Å². The van der Waals surface area contributed by atoms with E-state index in [9.17, 15) is 18.0 Å². The highest BCUT2D eigenvalue weighted by Crippen LogP contribution is 2.41. The number of aromatic nitrogens is 2. The van der Waals surface area contributed by atoms with Gasteiger partial charge in [-0.25, -0.2) is 4.79 Å². The van der Waals surface area contributed by atoms with Crippen molar-refractivity contribution in [1.82, 2.24) is 19.6 Å². The number of alkyl halides is 3. The fourth-order valence-corrected chi connectivity index (χ4v) is 4.91. The fourth-order valence-electron chi connectivity index (χ4n) is 4.17. The first-order valence-corrected chi connectivity index (χ1v) is 11.2. The van der Waals surface area contributed by atoms with Crippen LogP contribution in [-0.2, 0) is 16.8 Å². The van der Waals surface area contributed by atoms with E-state index in [0.717, 1.165) is 50.3 Å². The molecule has 4 heterocycles. The summed E-state index contributed by atoms with van der Waals surface area (Å²) in [6.45, 7) is 8.18. The molecule has 2 aliphatic heterocycles. The second-order valence-corrected chi connectivity index (χ2v) is 9.60. The standard InChI is InChI=1S/C19H26N4OS.C2HF3O2/c1-14(2)23-12-16-17(20-23)19(13-21(3)18(16)24)6-8-22(9-7-19)11-15-5-4-10-25-15;3-2(4,5)1(6)7/h4-5,10,12,14H,6-9,11,13H2,1-3H3;(H,6,7). The predicted molar refractivity (Wildman–Crippen MR) is 114 cm³/mol. The van der Waals surface area contributed by atoms with E-state index in [1.54, 1.807) is 0 Å². The zero-order valence-electron chi connectivity index (χ0n) is 18.2. The highest BCUT2D eigenvalue weighted by atomic mass is 32.1. The summed E-state index contributed by atoms with van der Waals surface area (Å²) in [5.41, 5.74) is 1.87. The van der Waals surface area contributed by atoms with Crippen molar-refractivity contribution in [2.24, 2.45) is 0 Å². The Morgan fingerprint density at radius 3 is 2.44 bits per heavy atom. The number of aliphatic carboxylic acids is 1. The Balaban J connectivity index is 0.000000360. The number of thiophene rings is 1. The van der Waals surface area contributed by atoms with Crippen molar-refractivity contribution in [2.75, 3.05) is 26.7 Å². The third-order valence-electron chi connectivity index (χ3n) is 5.90. The van der Waals surface area contributed by atoms with Gasteiger partial charge in [0.05, 0.1) is 11.3 Å². The van der Waals surface area contributed by atoms with Crippen LogP contribution in [-0.4, -0.2) is 69.4 Å². The van der Waals surface area contributed by atoms with Crippen LogP contribution in [0.5, 0.6) is 0 Å². The van der Waals surface area contributed by atoms with E-state index >= 15 is 0 Å². The SMILES string of the molecule is CC(C)n1cc2c(n1)C1(CCN(Cc3cccs3)CC1)CN(C)C2=O.O=C(O)C(F)(F)F. The summed E-state index contributed by atoms with van der Waals surface area (Å²) >= 11 is 1.83. The maximum atomic E-state index is 12.6. The molecule has 0 radical (unpaired) electrons. The van der Waals surface area contributed by atoms with E-state index in [0.29, 0.717) is 0 Å². The molecule has 4 rings (SSSR count). The summed E-state index contributed by atoms with van der Waals surface area (Å²) in [5.74, 6) is -2.64. The summed E-state index contributed by atoms with van der Waals surface area (Å²) in [5, 5.41) is 14.1. The highest BCUT2D eigenvalue weighted by molar-refractivity contribution is 7.09. The first-order chi connectivity index (χ1) is 14.9. The molecule has 1 spiro atoms. The molecule has 1 fully saturated rings. The Morgan fingerprint density at radius 1 is 1.31 bits per heavy atom. The lowest BCUT2D eigenvalue weighted by molar-refractivity contribution is -0.192. The minimum atomic E-state index is -5.08. The van der Waals surface area contributed by atoms with Gasteiger partial charge in [-0.3, -0.25) is 14.4 Å². The predicted octanol–water partition coefficient (Wildman–Crippen LogP) is 3.78. The van der Waals surface area contributed by atoms with Crippen molar-refractivity contribution >= 4 is 23.2 Å². The lowest BCUT2D eigenvalue weighted by atomic mass is 9.72. The van der Waals surface area contributed by atoms with Crippen molar-refractivity contribution in [3.05, 3.63) is 39.8 Å². The molecule has 0 atom stereocenters. The average Bonchev–Trinajstić information content (AvgIpc) is 3.38. The van der Waals surface area contributed by atoms with Gasteiger partial charge in [0, 0.05) is 42.7 Å². The molecule has 1 amide bonds. The Hall–Kier alpha value is -2.40. The van der Waals surface area contributed by atoms with Crippen LogP contribution in [0.2, 0.25) is 0 Å². The van der Waals surface area contributed by atoms with Gasteiger partial charge < -0.3 is 10.0 Å². The summed E-state index contributed by atoms with van der Waals surface area (Å²) in [7, 11) is 1.93. The van der Waals surface area contributed by atoms with Gasteiger partial charge in [-0.2, -0.15) is 18.3 Å². The molecule has 0 unspecified atom stereocenters. The third-order valence-corrected chi connectivity index (χ3v) is 6.76. The number of rotatable bonds is 3. The van der Waals surface area contributed by atoms with Gasteiger partial charge in [0.15, 0.2) is 0 Å². The van der Waals surface area contributed by atoms with Crippen LogP contribution in [0.1, 0.15) is 53.7 Å². The lowest BCUT2D eigenvalue weighted by Gasteiger charge is -2.45. The number of likely N-dealkylation sites (tertiary alicyclic amines) is 1. The minimum Gasteiger partial charge on any atom is -0.475 e. The number of amides is 1. The zero-order chi connectivity index (χ0) is 23.7. The van der Waals surface area contributed by atoms with Gasteiger partial charge in [-0.15, -0.1) is 11.3 Å². The molecule has 0 bridgehead atoms. The summed E-state index contributed by atoms with van der Waals surface area (Å²) in [4.78, 5) is 27.4. The molecule has 176 valence electrons. The quantitative estimate of drug-likeness (QED) is 0.736. The number of carbonyl (C=O) groups is 2. The van der Waals surface area contributed by atoms with E-state index in [1.165, 1.54) is 4.88 Å². The maximum absolute atomic E-state index is 12.6. The van der Waals surface area contributed by atoms with Crippen molar-refractivity contribution in [3.8, 4) is 0 Å². The fraction of sp³-hybridized carbons (Fsp3) is 0.571. The third kappa shape index (κ3) is 5.15. The van der Waals surface area contributed by atoms with Crippen molar-refractivity contribution < 1.29 is 27.9 Å². The number of carboxylic acids is 1. The summed E-state index contributed by atoms with van der Waals surface area (Å²) in [6, 6.07) is 4.61. The van der Waals surface area contributed by atoms with Crippen LogP contribution < -0.4 is 0 Å². The van der Waals surface area contributed by atoms with Gasteiger partial charge in [0.2, 0.25) is 0 Å². The number of nitrogens with zero attached hydrogens (tertiary/aromatic N) is 4. The molecule has 0 saturated carbocycles. The molecule has 0 aliphatic carbocycles. The van der Waals surface area contributed by atoms with E-state index < -0.39 is 12.1 Å². The van der Waals surface area contributed by atoms with Crippen LogP contribution in [0, 0.1) is 0 Å². The minimum absolute atomic E-state index is 0.0179. The largest absolute Gasteiger partial charge is 0.490 e. The number of hydrogen-bond acceptors (Lipinski definition) is 5. The Morgan fingerprint density at radius 2 is 1.94 bits per heavy atom. The smallest absolute Gasteiger partial charge is 0.475 e. The first kappa shape index (κ1) is 24.2. The number of carbonyl (C=O) groups excluding carboxylic acids is 1. The number of fused-ring (bicyclic) bond motifs is 2. The van der Waals surface area contributed by atoms with Crippen molar-refractivity contribution in [3.63, 3.8) is 0 Å². The van der Waals surface area contributed by atoms with Crippen LogP contribution >= 0.6 is 11.3 Å². The molecule has 2 aliphatic rings. The van der Waals surface area contributed by atoms with Crippen molar-refractivity contribution in [1.29, 1.82) is 0 Å². The van der Waals surface area contributed by atoms with E-state index in [1.807, 2.05) is 34.2 Å². The first-order valence-electron chi connectivity index (χ1n) is 10.3. The van der Waals surface area contributed by atoms with Gasteiger partial charge >= 0.3 is 12.1 Å². The lowest BCUT2D eigenvalue weighted by Crippen LogP contribution is -2.53. The second-order valence-electron chi connectivity index (χ2n) is 8.57. The van der Waals surface area contributed by atoms with Crippen LogP contribution in [0.25, 0.3) is 0 Å². The Labute approximate surface area is 188 Å². The normalized spacial score (nSPS) is 18.5. The van der Waals surface area contributed by atoms with E-state index in [4.69, 9.17) is 15.0 Å². The number of halogens is 3. The number of piperidine rings is 1. The van der Waals surface area contributed by atoms with Gasteiger partial charge in [-0.05, 0) is 51.2 Å². The highest BCUT2D eigenvalue weighted by Gasteiger charge is 2.46. The topological polar surface area (TPSA) is 78.7 Å². The molecule has 1 N–H and O–H groups in total. The Kier molecular flexibility index (Phi) is 6.99. The average molecular weight is 473 g/mol. The van der Waals surface area contributed by atoms with Crippen LogP contribution in [0.3, 0.4) is 0 Å². The van der Waals surface area contributed by atoms with E-state index in [-0.39, 0.29) is 17.4 Å². The van der Waals surface area contributed by atoms with Gasteiger partial charge in [0.1, 0.15) is 0 Å². The molecular formula is C21H27F3N4O3S. The molecule has 11 heteroatoms. The van der Waals surface area contributed by atoms with Crippen LogP contribution in [0.4, 0.5) is 13.2 Å². The van der Waals surface area contributed by atoms with Gasteiger partial charge in [-0.1, -0.05) is 6.07 Å². The van der Waals surface area contributed by atoms with Crippen LogP contribution in [0.15, 0.2) is 23.7 Å². The molecule has 0 aromatic carbocycles. The summed E-state index contributed by atoms with van der Waals surface area (Å²) in [6.07, 6.45) is -0.992.